The Morgan fingerprint density at radius 3 is 2.61 bits per heavy atom. The number of carbonyl (C=O) groups is 5. The molecule has 1 aromatic carbocycles. The molecule has 13 heteroatoms. The van der Waals surface area contributed by atoms with E-state index in [0.717, 1.165) is 16.5 Å². The molecule has 38 heavy (non-hydrogen) atoms. The van der Waals surface area contributed by atoms with Crippen LogP contribution in [0.25, 0.3) is 10.9 Å². The zero-order chi connectivity index (χ0) is 27.8. The second-order valence-electron chi connectivity index (χ2n) is 9.27. The van der Waals surface area contributed by atoms with Crippen molar-refractivity contribution in [2.75, 3.05) is 18.6 Å². The first-order valence-corrected chi connectivity index (χ1v) is 13.7. The van der Waals surface area contributed by atoms with Crippen LogP contribution in [0.5, 0.6) is 0 Å². The molecule has 2 heterocycles. The number of aromatic amines is 1. The Hall–Kier alpha value is -3.58. The molecule has 0 aliphatic carbocycles. The maximum absolute atomic E-state index is 13.4. The number of likely N-dealkylation sites (tertiary alicyclic amines) is 1. The summed E-state index contributed by atoms with van der Waals surface area (Å²) in [4.78, 5) is 67.0. The Bertz CT molecular complexity index is 1190. The molecule has 1 aliphatic rings. The number of carboxylic acids is 1. The van der Waals surface area contributed by atoms with Gasteiger partial charge in [0.25, 0.3) is 0 Å². The fourth-order valence-corrected chi connectivity index (χ4v) is 5.05. The molecule has 0 spiro atoms. The fraction of sp³-hybridized carbons (Fsp3) is 0.480. The van der Waals surface area contributed by atoms with Crippen molar-refractivity contribution in [3.63, 3.8) is 0 Å². The van der Waals surface area contributed by atoms with Crippen molar-refractivity contribution in [3.05, 3.63) is 36.0 Å². The minimum Gasteiger partial charge on any atom is -0.480 e. The van der Waals surface area contributed by atoms with Gasteiger partial charge in [-0.2, -0.15) is 11.8 Å². The number of H-pyrrole nitrogens is 1. The van der Waals surface area contributed by atoms with Crippen LogP contribution in [0.4, 0.5) is 0 Å². The minimum atomic E-state index is -1.55. The van der Waals surface area contributed by atoms with Gasteiger partial charge in [0.2, 0.25) is 23.6 Å². The number of hydrogen-bond acceptors (Lipinski definition) is 7. The highest BCUT2D eigenvalue weighted by Crippen LogP contribution is 2.22. The molecular weight excluding hydrogens is 512 g/mol. The van der Waals surface area contributed by atoms with Crippen molar-refractivity contribution < 1.29 is 29.1 Å². The van der Waals surface area contributed by atoms with Crippen molar-refractivity contribution in [1.82, 2.24) is 20.5 Å². The van der Waals surface area contributed by atoms with Gasteiger partial charge in [-0.3, -0.25) is 19.2 Å². The molecule has 4 atom stereocenters. The molecule has 3 rings (SSSR count). The van der Waals surface area contributed by atoms with Crippen molar-refractivity contribution >= 4 is 52.3 Å². The molecular formula is C25H34N6O6S. The summed E-state index contributed by atoms with van der Waals surface area (Å²) in [5, 5.41) is 15.3. The smallest absolute Gasteiger partial charge is 0.326 e. The predicted molar refractivity (Wildman–Crippen MR) is 143 cm³/mol. The lowest BCUT2D eigenvalue weighted by molar-refractivity contribution is -0.144. The zero-order valence-electron chi connectivity index (χ0n) is 21.1. The number of aliphatic carboxylic acids is 1. The van der Waals surface area contributed by atoms with Gasteiger partial charge < -0.3 is 37.1 Å². The lowest BCUT2D eigenvalue weighted by Crippen LogP contribution is -2.57. The van der Waals surface area contributed by atoms with Crippen LogP contribution < -0.4 is 22.1 Å². The topological polar surface area (TPSA) is 201 Å². The third-order valence-corrected chi connectivity index (χ3v) is 7.18. The number of amides is 4. The van der Waals surface area contributed by atoms with Crippen molar-refractivity contribution in [2.24, 2.45) is 11.5 Å². The summed E-state index contributed by atoms with van der Waals surface area (Å²) >= 11 is 1.57. The van der Waals surface area contributed by atoms with E-state index in [9.17, 15) is 29.1 Å². The second-order valence-corrected chi connectivity index (χ2v) is 10.3. The van der Waals surface area contributed by atoms with Gasteiger partial charge in [-0.25, -0.2) is 4.79 Å². The number of nitrogens with one attached hydrogen (secondary N) is 3. The summed E-state index contributed by atoms with van der Waals surface area (Å²) in [5.74, 6) is -3.25. The number of nitrogens with two attached hydrogens (primary N) is 2. The molecule has 0 bridgehead atoms. The van der Waals surface area contributed by atoms with Gasteiger partial charge in [0, 0.05) is 30.1 Å². The van der Waals surface area contributed by atoms with Gasteiger partial charge in [-0.05, 0) is 42.9 Å². The highest BCUT2D eigenvalue weighted by atomic mass is 32.2. The summed E-state index contributed by atoms with van der Waals surface area (Å²) in [6, 6.07) is 3.14. The first kappa shape index (κ1) is 29.0. The first-order valence-electron chi connectivity index (χ1n) is 12.3. The Kier molecular flexibility index (Phi) is 10.1. The van der Waals surface area contributed by atoms with E-state index in [-0.39, 0.29) is 12.3 Å². The fourth-order valence-electron chi connectivity index (χ4n) is 4.56. The molecule has 206 valence electrons. The van der Waals surface area contributed by atoms with Gasteiger partial charge >= 0.3 is 5.97 Å². The van der Waals surface area contributed by atoms with Gasteiger partial charge in [0.1, 0.15) is 18.1 Å². The Balaban J connectivity index is 1.81. The Morgan fingerprint density at radius 2 is 1.92 bits per heavy atom. The van der Waals surface area contributed by atoms with E-state index in [4.69, 9.17) is 11.5 Å². The average Bonchev–Trinajstić information content (AvgIpc) is 3.53. The number of aromatic nitrogens is 1. The number of nitrogens with zero attached hydrogens (tertiary/aromatic N) is 1. The Morgan fingerprint density at radius 1 is 1.18 bits per heavy atom. The average molecular weight is 547 g/mol. The zero-order valence-corrected chi connectivity index (χ0v) is 22.0. The van der Waals surface area contributed by atoms with Gasteiger partial charge in [-0.1, -0.05) is 18.2 Å². The molecule has 12 nitrogen and oxygen atoms in total. The van der Waals surface area contributed by atoms with Crippen LogP contribution in [0.3, 0.4) is 0 Å². The SMILES string of the molecule is CSCCC(N)C(=O)N1CCCC1C(=O)NC(Cc1c[nH]c2ccccc12)C(=O)NC(CC(N)=O)C(=O)O. The highest BCUT2D eigenvalue weighted by molar-refractivity contribution is 7.98. The van der Waals surface area contributed by atoms with Gasteiger partial charge in [0.15, 0.2) is 0 Å². The highest BCUT2D eigenvalue weighted by Gasteiger charge is 2.38. The summed E-state index contributed by atoms with van der Waals surface area (Å²) in [6.07, 6.45) is 4.57. The predicted octanol–water partition coefficient (Wildman–Crippen LogP) is -0.289. The molecule has 2 aromatic rings. The van der Waals surface area contributed by atoms with Crippen LogP contribution >= 0.6 is 11.8 Å². The number of rotatable bonds is 13. The molecule has 4 amide bonds. The largest absolute Gasteiger partial charge is 0.480 e. The second kappa shape index (κ2) is 13.3. The summed E-state index contributed by atoms with van der Waals surface area (Å²) in [5.41, 5.74) is 12.8. The number of carboxylic acid groups (broad SMARTS) is 1. The van der Waals surface area contributed by atoms with Gasteiger partial charge in [-0.15, -0.1) is 0 Å². The number of para-hydroxylation sites is 1. The summed E-state index contributed by atoms with van der Waals surface area (Å²) < 4.78 is 0. The molecule has 4 unspecified atom stereocenters. The van der Waals surface area contributed by atoms with Gasteiger partial charge in [0.05, 0.1) is 12.5 Å². The third-order valence-electron chi connectivity index (χ3n) is 6.54. The molecule has 1 aromatic heterocycles. The van der Waals surface area contributed by atoms with Crippen LogP contribution in [0.15, 0.2) is 30.5 Å². The number of fused-ring (bicyclic) bond motifs is 1. The standard InChI is InChI=1S/C25H34N6O6S/c1-38-10-8-16(26)24(35)31-9-4-7-20(31)23(34)29-18(22(33)30-19(25(36)37)12-21(27)32)11-14-13-28-17-6-3-2-5-15(14)17/h2-3,5-6,13,16,18-20,28H,4,7-12,26H2,1H3,(H2,27,32)(H,29,34)(H,30,33)(H,36,37). The van der Waals surface area contributed by atoms with E-state index in [2.05, 4.69) is 15.6 Å². The molecule has 1 fully saturated rings. The van der Waals surface area contributed by atoms with E-state index in [1.54, 1.807) is 18.0 Å². The van der Waals surface area contributed by atoms with E-state index < -0.39 is 54.3 Å². The van der Waals surface area contributed by atoms with E-state index in [1.165, 1.54) is 4.90 Å². The molecule has 0 saturated carbocycles. The maximum Gasteiger partial charge on any atom is 0.326 e. The Labute approximate surface area is 224 Å². The maximum atomic E-state index is 13.4. The van der Waals surface area contributed by atoms with Crippen LogP contribution in [0.2, 0.25) is 0 Å². The van der Waals surface area contributed by atoms with Crippen molar-refractivity contribution in [2.45, 2.75) is 56.3 Å². The van der Waals surface area contributed by atoms with E-state index in [0.29, 0.717) is 31.6 Å². The van der Waals surface area contributed by atoms with Crippen LogP contribution in [-0.2, 0) is 30.4 Å². The summed E-state index contributed by atoms with van der Waals surface area (Å²) in [6.45, 7) is 0.378. The normalized spacial score (nSPS) is 17.5. The van der Waals surface area contributed by atoms with Crippen LogP contribution in [0, 0.1) is 0 Å². The quantitative estimate of drug-likeness (QED) is 0.197. The molecule has 1 saturated heterocycles. The van der Waals surface area contributed by atoms with E-state index >= 15 is 0 Å². The summed E-state index contributed by atoms with van der Waals surface area (Å²) in [7, 11) is 0. The monoisotopic (exact) mass is 546 g/mol. The van der Waals surface area contributed by atoms with Crippen molar-refractivity contribution in [3.8, 4) is 0 Å². The number of benzene rings is 1. The number of thioether (sulfide) groups is 1. The lowest BCUT2D eigenvalue weighted by atomic mass is 10.0. The first-order chi connectivity index (χ1) is 18.1. The van der Waals surface area contributed by atoms with Crippen LogP contribution in [-0.4, -0.2) is 87.3 Å². The molecule has 0 radical (unpaired) electrons. The van der Waals surface area contributed by atoms with Crippen molar-refractivity contribution in [1.29, 1.82) is 0 Å². The third kappa shape index (κ3) is 7.25. The molecule has 8 N–H and O–H groups in total. The lowest BCUT2D eigenvalue weighted by Gasteiger charge is -2.28. The molecule has 1 aliphatic heterocycles. The number of carbonyl (C=O) groups excluding carboxylic acids is 4. The minimum absolute atomic E-state index is 0.0401. The van der Waals surface area contributed by atoms with Crippen LogP contribution in [0.1, 0.15) is 31.2 Å². The van der Waals surface area contributed by atoms with E-state index in [1.807, 2.05) is 30.5 Å². The number of hydrogen-bond donors (Lipinski definition) is 6. The number of primary amides is 1.